The molecule has 4 aromatic rings. The molecule has 0 unspecified atom stereocenters. The first kappa shape index (κ1) is 17.1. The van der Waals surface area contributed by atoms with Gasteiger partial charge in [0.15, 0.2) is 6.61 Å². The molecular formula is C17H13ClN6O3. The Morgan fingerprint density at radius 3 is 2.85 bits per heavy atom. The van der Waals surface area contributed by atoms with Crippen molar-refractivity contribution in [3.8, 4) is 11.4 Å². The molecule has 0 aliphatic rings. The number of ether oxygens (including phenoxy) is 1. The lowest BCUT2D eigenvalue weighted by atomic mass is 10.2. The van der Waals surface area contributed by atoms with E-state index in [0.29, 0.717) is 22.2 Å². The number of benzene rings is 1. The van der Waals surface area contributed by atoms with Crippen LogP contribution in [0.15, 0.2) is 34.9 Å². The van der Waals surface area contributed by atoms with Gasteiger partial charge in [-0.25, -0.2) is 14.3 Å². The number of hydrogen-bond acceptors (Lipinski definition) is 8. The van der Waals surface area contributed by atoms with Crippen LogP contribution in [0.1, 0.15) is 27.9 Å². The van der Waals surface area contributed by atoms with Crippen molar-refractivity contribution in [2.45, 2.75) is 20.5 Å². The molecule has 0 radical (unpaired) electrons. The third-order valence-corrected chi connectivity index (χ3v) is 4.04. The Balaban J connectivity index is 1.49. The van der Waals surface area contributed by atoms with Crippen LogP contribution in [0.4, 0.5) is 0 Å². The summed E-state index contributed by atoms with van der Waals surface area (Å²) in [4.78, 5) is 24.7. The van der Waals surface area contributed by atoms with Gasteiger partial charge >= 0.3 is 5.97 Å². The molecule has 27 heavy (non-hydrogen) atoms. The van der Waals surface area contributed by atoms with Crippen LogP contribution in [0.2, 0.25) is 5.02 Å². The van der Waals surface area contributed by atoms with Gasteiger partial charge in [-0.1, -0.05) is 28.9 Å². The van der Waals surface area contributed by atoms with E-state index in [9.17, 15) is 4.79 Å². The van der Waals surface area contributed by atoms with E-state index in [-0.39, 0.29) is 18.3 Å². The van der Waals surface area contributed by atoms with Gasteiger partial charge in [-0.15, -0.1) is 5.10 Å². The Morgan fingerprint density at radius 2 is 2.04 bits per heavy atom. The summed E-state index contributed by atoms with van der Waals surface area (Å²) in [5.74, 6) is -0.0321. The van der Waals surface area contributed by atoms with Crippen molar-refractivity contribution in [3.63, 3.8) is 0 Å². The normalized spacial score (nSPS) is 11.1. The van der Waals surface area contributed by atoms with Gasteiger partial charge in [0.1, 0.15) is 0 Å². The molecule has 1 aromatic carbocycles. The van der Waals surface area contributed by atoms with Crippen molar-refractivity contribution in [2.24, 2.45) is 0 Å². The highest BCUT2D eigenvalue weighted by Gasteiger charge is 2.18. The number of esters is 1. The van der Waals surface area contributed by atoms with E-state index >= 15 is 0 Å². The maximum atomic E-state index is 12.2. The van der Waals surface area contributed by atoms with Gasteiger partial charge in [0, 0.05) is 17.0 Å². The lowest BCUT2D eigenvalue weighted by molar-refractivity contribution is 0.0415. The van der Waals surface area contributed by atoms with E-state index in [4.69, 9.17) is 20.9 Å². The highest BCUT2D eigenvalue weighted by molar-refractivity contribution is 6.33. The van der Waals surface area contributed by atoms with Crippen molar-refractivity contribution in [2.75, 3.05) is 0 Å². The molecule has 0 atom stereocenters. The van der Waals surface area contributed by atoms with Gasteiger partial charge in [-0.3, -0.25) is 0 Å². The minimum atomic E-state index is -0.713. The Bertz CT molecular complexity index is 1150. The minimum Gasteiger partial charge on any atom is -0.450 e. The van der Waals surface area contributed by atoms with Crippen LogP contribution in [0.25, 0.3) is 17.2 Å². The summed E-state index contributed by atoms with van der Waals surface area (Å²) < 4.78 is 11.7. The number of hydrogen-bond donors (Lipinski definition) is 0. The molecular weight excluding hydrogens is 372 g/mol. The predicted octanol–water partition coefficient (Wildman–Crippen LogP) is 2.80. The average Bonchev–Trinajstić information content (AvgIpc) is 3.27. The number of fused-ring (bicyclic) bond motifs is 1. The number of aryl methyl sites for hydroxylation is 2. The monoisotopic (exact) mass is 384 g/mol. The standard InChI is InChI=1S/C17H13ClN6O3/c1-9-7-10(2)24-17(19-9)21-15(22-24)16(25)26-8-13-20-14(23-27-13)11-5-3-4-6-12(11)18/h3-7H,8H2,1-2H3. The molecule has 0 spiro atoms. The molecule has 0 bridgehead atoms. The summed E-state index contributed by atoms with van der Waals surface area (Å²) in [6.45, 7) is 3.48. The van der Waals surface area contributed by atoms with E-state index in [0.717, 1.165) is 11.4 Å². The molecule has 0 N–H and O–H groups in total. The highest BCUT2D eigenvalue weighted by atomic mass is 35.5. The van der Waals surface area contributed by atoms with E-state index in [2.05, 4.69) is 25.2 Å². The lowest BCUT2D eigenvalue weighted by Crippen LogP contribution is -2.08. The van der Waals surface area contributed by atoms with Gasteiger partial charge in [0.2, 0.25) is 5.82 Å². The summed E-state index contributed by atoms with van der Waals surface area (Å²) in [7, 11) is 0. The first-order chi connectivity index (χ1) is 13.0. The Labute approximate surface area is 158 Å². The van der Waals surface area contributed by atoms with Crippen molar-refractivity contribution < 1.29 is 14.1 Å². The molecule has 3 heterocycles. The molecule has 9 nitrogen and oxygen atoms in total. The molecule has 0 amide bonds. The van der Waals surface area contributed by atoms with Crippen LogP contribution in [0, 0.1) is 13.8 Å². The first-order valence-electron chi connectivity index (χ1n) is 7.97. The second kappa shape index (κ2) is 6.76. The Hall–Kier alpha value is -3.33. The topological polar surface area (TPSA) is 108 Å². The van der Waals surface area contributed by atoms with Crippen LogP contribution in [-0.4, -0.2) is 35.7 Å². The van der Waals surface area contributed by atoms with Crippen LogP contribution in [0.3, 0.4) is 0 Å². The second-order valence-corrected chi connectivity index (χ2v) is 6.16. The fraction of sp³-hybridized carbons (Fsp3) is 0.176. The molecule has 136 valence electrons. The summed E-state index contributed by atoms with van der Waals surface area (Å²) in [5.41, 5.74) is 2.22. The molecule has 0 fully saturated rings. The number of halogens is 1. The number of aromatic nitrogens is 6. The molecule has 0 aliphatic heterocycles. The first-order valence-corrected chi connectivity index (χ1v) is 8.34. The summed E-state index contributed by atoms with van der Waals surface area (Å²) >= 11 is 6.11. The number of rotatable bonds is 4. The van der Waals surface area contributed by atoms with Crippen molar-refractivity contribution in [3.05, 3.63) is 58.5 Å². The fourth-order valence-electron chi connectivity index (χ4n) is 2.51. The largest absolute Gasteiger partial charge is 0.450 e. The minimum absolute atomic E-state index is 0.0953. The van der Waals surface area contributed by atoms with Crippen LogP contribution in [0.5, 0.6) is 0 Å². The molecule has 10 heteroatoms. The summed E-state index contributed by atoms with van der Waals surface area (Å²) in [6.07, 6.45) is 0. The number of carbonyl (C=O) groups is 1. The zero-order valence-electron chi connectivity index (χ0n) is 14.4. The van der Waals surface area contributed by atoms with Crippen LogP contribution >= 0.6 is 11.6 Å². The zero-order valence-corrected chi connectivity index (χ0v) is 15.1. The SMILES string of the molecule is Cc1cc(C)n2nc(C(=O)OCc3nc(-c4ccccc4Cl)no3)nc2n1. The zero-order chi connectivity index (χ0) is 19.0. The summed E-state index contributed by atoms with van der Waals surface area (Å²) in [6, 6.07) is 8.94. The smallest absolute Gasteiger partial charge is 0.378 e. The van der Waals surface area contributed by atoms with E-state index in [1.165, 1.54) is 4.52 Å². The number of nitrogens with zero attached hydrogens (tertiary/aromatic N) is 6. The molecule has 3 aromatic heterocycles. The predicted molar refractivity (Wildman–Crippen MR) is 94.1 cm³/mol. The third kappa shape index (κ3) is 3.36. The van der Waals surface area contributed by atoms with E-state index < -0.39 is 5.97 Å². The molecule has 0 saturated heterocycles. The quantitative estimate of drug-likeness (QED) is 0.494. The second-order valence-electron chi connectivity index (χ2n) is 5.75. The average molecular weight is 385 g/mol. The lowest BCUT2D eigenvalue weighted by Gasteiger charge is -1.98. The maximum Gasteiger partial charge on any atom is 0.378 e. The van der Waals surface area contributed by atoms with E-state index in [1.54, 1.807) is 18.2 Å². The molecule has 4 rings (SSSR count). The summed E-state index contributed by atoms with van der Waals surface area (Å²) in [5, 5.41) is 8.46. The number of carbonyl (C=O) groups excluding carboxylic acids is 1. The Kier molecular flexibility index (Phi) is 4.28. The van der Waals surface area contributed by atoms with Gasteiger partial charge in [-0.05, 0) is 32.0 Å². The molecule has 0 saturated carbocycles. The van der Waals surface area contributed by atoms with Crippen LogP contribution in [-0.2, 0) is 11.3 Å². The van der Waals surface area contributed by atoms with E-state index in [1.807, 2.05) is 26.0 Å². The van der Waals surface area contributed by atoms with Crippen molar-refractivity contribution in [1.29, 1.82) is 0 Å². The van der Waals surface area contributed by atoms with Gasteiger partial charge in [0.25, 0.3) is 17.5 Å². The highest BCUT2D eigenvalue weighted by Crippen LogP contribution is 2.24. The fourth-order valence-corrected chi connectivity index (χ4v) is 2.73. The maximum absolute atomic E-state index is 12.2. The van der Waals surface area contributed by atoms with Crippen LogP contribution < -0.4 is 0 Å². The van der Waals surface area contributed by atoms with Crippen molar-refractivity contribution in [1.82, 2.24) is 29.7 Å². The van der Waals surface area contributed by atoms with Gasteiger partial charge < -0.3 is 9.26 Å². The van der Waals surface area contributed by atoms with Crippen molar-refractivity contribution >= 4 is 23.3 Å². The molecule has 0 aliphatic carbocycles. The van der Waals surface area contributed by atoms with Gasteiger partial charge in [0.05, 0.1) is 5.02 Å². The van der Waals surface area contributed by atoms with Gasteiger partial charge in [-0.2, -0.15) is 9.97 Å². The Morgan fingerprint density at radius 1 is 1.22 bits per heavy atom. The third-order valence-electron chi connectivity index (χ3n) is 3.71.